The summed E-state index contributed by atoms with van der Waals surface area (Å²) in [5.74, 6) is -0.909. The zero-order valence-corrected chi connectivity index (χ0v) is 22.8. The van der Waals surface area contributed by atoms with Crippen LogP contribution in [0.4, 0.5) is 0 Å². The van der Waals surface area contributed by atoms with Crippen LogP contribution in [0, 0.1) is 0 Å². The molecule has 0 spiro atoms. The van der Waals surface area contributed by atoms with Crippen LogP contribution in [0.15, 0.2) is 24.3 Å². The number of rotatable bonds is 15. The number of esters is 2. The Morgan fingerprint density at radius 1 is 0.725 bits per heavy atom. The Morgan fingerprint density at radius 3 is 1.43 bits per heavy atom. The van der Waals surface area contributed by atoms with Crippen LogP contribution in [0.25, 0.3) is 0 Å². The summed E-state index contributed by atoms with van der Waals surface area (Å²) in [5.41, 5.74) is -2.88. The van der Waals surface area contributed by atoms with Gasteiger partial charge in [-0.25, -0.2) is 9.59 Å². The van der Waals surface area contributed by atoms with Gasteiger partial charge in [-0.05, 0) is 24.3 Å². The highest BCUT2D eigenvalue weighted by molar-refractivity contribution is 5.92. The minimum atomic E-state index is -2.76. The third-order valence-electron chi connectivity index (χ3n) is 5.70. The second-order valence-electron chi connectivity index (χ2n) is 8.12. The Morgan fingerprint density at radius 2 is 1.10 bits per heavy atom. The molecule has 0 bridgehead atoms. The van der Waals surface area contributed by atoms with E-state index in [0.717, 1.165) is 0 Å². The maximum absolute atomic E-state index is 12.6. The van der Waals surface area contributed by atoms with Crippen molar-refractivity contribution in [2.45, 2.75) is 17.8 Å². The molecule has 0 radical (unpaired) electrons. The second kappa shape index (κ2) is 14.2. The molecular weight excluding hydrogens is 536 g/mol. The number of aliphatic hydroxyl groups is 3. The molecule has 0 aromatic heterocycles. The number of hydrogen-bond donors (Lipinski definition) is 3. The van der Waals surface area contributed by atoms with Crippen LogP contribution >= 0.6 is 0 Å². The van der Waals surface area contributed by atoms with Crippen molar-refractivity contribution in [3.05, 3.63) is 35.4 Å². The quantitative estimate of drug-likeness (QED) is 0.198. The second-order valence-corrected chi connectivity index (χ2v) is 8.12. The van der Waals surface area contributed by atoms with E-state index in [4.69, 9.17) is 37.9 Å². The zero-order valence-electron chi connectivity index (χ0n) is 22.8. The van der Waals surface area contributed by atoms with Crippen LogP contribution < -0.4 is 28.4 Å². The van der Waals surface area contributed by atoms with Crippen molar-refractivity contribution in [1.82, 2.24) is 0 Å². The number of aldehydes is 1. The van der Waals surface area contributed by atoms with Gasteiger partial charge in [0.05, 0.1) is 53.8 Å². The first kappa shape index (κ1) is 31.9. The molecule has 0 unspecified atom stereocenters. The lowest BCUT2D eigenvalue weighted by atomic mass is 9.95. The predicted molar refractivity (Wildman–Crippen MR) is 136 cm³/mol. The number of benzene rings is 2. The normalized spacial score (nSPS) is 13.6. The first-order valence-corrected chi connectivity index (χ1v) is 11.5. The molecule has 0 saturated heterocycles. The molecule has 3 N–H and O–H groups in total. The summed E-state index contributed by atoms with van der Waals surface area (Å²) >= 11 is 0. The monoisotopic (exact) mass is 568 g/mol. The molecule has 0 aliphatic heterocycles. The molecule has 3 atom stereocenters. The lowest BCUT2D eigenvalue weighted by Gasteiger charge is -2.30. The Hall–Kier alpha value is -4.27. The minimum absolute atomic E-state index is 0.0406. The predicted octanol–water partition coefficient (Wildman–Crippen LogP) is 0.404. The molecule has 14 nitrogen and oxygen atoms in total. The van der Waals surface area contributed by atoms with Crippen molar-refractivity contribution < 1.29 is 67.6 Å². The van der Waals surface area contributed by atoms with Gasteiger partial charge in [-0.1, -0.05) is 0 Å². The van der Waals surface area contributed by atoms with E-state index in [0.29, 0.717) is 0 Å². The summed E-state index contributed by atoms with van der Waals surface area (Å²) in [4.78, 5) is 36.8. The summed E-state index contributed by atoms with van der Waals surface area (Å²) in [6.45, 7) is -1.89. The molecule has 2 aromatic rings. The van der Waals surface area contributed by atoms with Gasteiger partial charge in [0.1, 0.15) is 25.4 Å². The highest BCUT2D eigenvalue weighted by Crippen LogP contribution is 2.39. The number of ether oxygens (including phenoxy) is 8. The van der Waals surface area contributed by atoms with E-state index in [9.17, 15) is 29.7 Å². The van der Waals surface area contributed by atoms with Gasteiger partial charge < -0.3 is 53.2 Å². The molecule has 0 aliphatic carbocycles. The molecule has 220 valence electrons. The van der Waals surface area contributed by atoms with Crippen LogP contribution in [0.5, 0.6) is 34.5 Å². The van der Waals surface area contributed by atoms with E-state index in [1.54, 1.807) is 0 Å². The molecule has 0 heterocycles. The summed E-state index contributed by atoms with van der Waals surface area (Å²) < 4.78 is 41.1. The topological polar surface area (TPSA) is 186 Å². The highest BCUT2D eigenvalue weighted by atomic mass is 16.6. The van der Waals surface area contributed by atoms with Gasteiger partial charge in [0, 0.05) is 0 Å². The molecular formula is C26H32O14. The fraction of sp³-hybridized carbons (Fsp3) is 0.423. The van der Waals surface area contributed by atoms with Crippen molar-refractivity contribution >= 4 is 18.2 Å². The Bertz CT molecular complexity index is 1150. The number of carbonyl (C=O) groups is 3. The first-order valence-electron chi connectivity index (χ1n) is 11.5. The minimum Gasteiger partial charge on any atom is -0.493 e. The van der Waals surface area contributed by atoms with Crippen molar-refractivity contribution in [3.8, 4) is 34.5 Å². The summed E-state index contributed by atoms with van der Waals surface area (Å²) in [6, 6.07) is 5.16. The standard InChI is InChI=1S/C26H32O14/c1-33-17-7-14(8-18(34-2)21(17)37-5)24(30)39-11-16(28)23(29)26(32,12-27)13-40-25(31)15-9-19(35-3)22(38-6)20(10-15)36-4/h7-10,12,16,23,28-29,32H,11,13H2,1-6H3/t16-,23-,26-/m1/s1. The number of carbonyl (C=O) groups excluding carboxylic acids is 3. The summed E-state index contributed by atoms with van der Waals surface area (Å²) in [6.07, 6.45) is -4.28. The van der Waals surface area contributed by atoms with Gasteiger partial charge >= 0.3 is 11.9 Å². The number of hydrogen-bond acceptors (Lipinski definition) is 14. The van der Waals surface area contributed by atoms with Crippen LogP contribution in [0.3, 0.4) is 0 Å². The van der Waals surface area contributed by atoms with Gasteiger partial charge in [-0.15, -0.1) is 0 Å². The van der Waals surface area contributed by atoms with Crippen molar-refractivity contribution in [3.63, 3.8) is 0 Å². The molecule has 0 aliphatic rings. The van der Waals surface area contributed by atoms with E-state index < -0.39 is 43.0 Å². The highest BCUT2D eigenvalue weighted by Gasteiger charge is 2.42. The van der Waals surface area contributed by atoms with Crippen molar-refractivity contribution in [2.24, 2.45) is 0 Å². The average molecular weight is 569 g/mol. The van der Waals surface area contributed by atoms with Crippen LogP contribution in [0.1, 0.15) is 20.7 Å². The lowest BCUT2D eigenvalue weighted by molar-refractivity contribution is -0.163. The van der Waals surface area contributed by atoms with Gasteiger partial charge in [-0.3, -0.25) is 4.79 Å². The van der Waals surface area contributed by atoms with Crippen molar-refractivity contribution in [2.75, 3.05) is 55.9 Å². The molecule has 2 rings (SSSR count). The first-order chi connectivity index (χ1) is 19.0. The molecule has 14 heteroatoms. The SMILES string of the molecule is COc1cc(C(=O)OC[C@@H](O)[C@@H](O)[C@@](O)(C=O)COC(=O)c2cc(OC)c(OC)c(OC)c2)cc(OC)c1OC. The Balaban J connectivity index is 2.10. The van der Waals surface area contributed by atoms with E-state index in [1.165, 1.54) is 66.9 Å². The van der Waals surface area contributed by atoms with Crippen molar-refractivity contribution in [1.29, 1.82) is 0 Å². The van der Waals surface area contributed by atoms with Gasteiger partial charge in [-0.2, -0.15) is 0 Å². The summed E-state index contributed by atoms with van der Waals surface area (Å²) in [7, 11) is 8.12. The van der Waals surface area contributed by atoms with E-state index in [2.05, 4.69) is 0 Å². The van der Waals surface area contributed by atoms with Crippen LogP contribution in [-0.4, -0.2) is 107 Å². The fourth-order valence-corrected chi connectivity index (χ4v) is 3.52. The third-order valence-corrected chi connectivity index (χ3v) is 5.70. The fourth-order valence-electron chi connectivity index (χ4n) is 3.52. The van der Waals surface area contributed by atoms with E-state index >= 15 is 0 Å². The number of aliphatic hydroxyl groups excluding tert-OH is 2. The molecule has 0 fully saturated rings. The third kappa shape index (κ3) is 7.02. The average Bonchev–Trinajstić information content (AvgIpc) is 2.99. The zero-order chi connectivity index (χ0) is 30.0. The summed E-state index contributed by atoms with van der Waals surface area (Å²) in [5, 5.41) is 31.4. The maximum Gasteiger partial charge on any atom is 0.338 e. The smallest absolute Gasteiger partial charge is 0.338 e. The van der Waals surface area contributed by atoms with Gasteiger partial charge in [0.25, 0.3) is 0 Å². The molecule has 0 amide bonds. The molecule has 0 saturated carbocycles. The van der Waals surface area contributed by atoms with E-state index in [1.807, 2.05) is 0 Å². The maximum atomic E-state index is 12.6. The van der Waals surface area contributed by atoms with Gasteiger partial charge in [0.15, 0.2) is 34.9 Å². The van der Waals surface area contributed by atoms with E-state index in [-0.39, 0.29) is 51.9 Å². The largest absolute Gasteiger partial charge is 0.493 e. The van der Waals surface area contributed by atoms with Crippen LogP contribution in [0.2, 0.25) is 0 Å². The van der Waals surface area contributed by atoms with Gasteiger partial charge in [0.2, 0.25) is 11.5 Å². The lowest BCUT2D eigenvalue weighted by Crippen LogP contribution is -2.55. The molecule has 2 aromatic carbocycles. The molecule has 40 heavy (non-hydrogen) atoms. The Labute approximate surface area is 229 Å². The van der Waals surface area contributed by atoms with Crippen LogP contribution in [-0.2, 0) is 14.3 Å². The number of methoxy groups -OCH3 is 6. The Kier molecular flexibility index (Phi) is 11.3.